The van der Waals surface area contributed by atoms with Gasteiger partial charge in [-0.3, -0.25) is 9.69 Å². The SMILES string of the molecule is COc1ccccc1CNC(=O)C(c1ccccc1)N(C)C. The molecule has 0 heterocycles. The molecule has 2 rings (SSSR count). The summed E-state index contributed by atoms with van der Waals surface area (Å²) in [7, 11) is 5.44. The molecular formula is C18H22N2O2. The second-order valence-corrected chi connectivity index (χ2v) is 5.31. The van der Waals surface area contributed by atoms with E-state index in [1.165, 1.54) is 0 Å². The smallest absolute Gasteiger partial charge is 0.242 e. The summed E-state index contributed by atoms with van der Waals surface area (Å²) in [6, 6.07) is 17.1. The van der Waals surface area contributed by atoms with E-state index in [9.17, 15) is 4.79 Å². The van der Waals surface area contributed by atoms with Crippen LogP contribution < -0.4 is 10.1 Å². The number of hydrogen-bond donors (Lipinski definition) is 1. The summed E-state index contributed by atoms with van der Waals surface area (Å²) in [5, 5.41) is 2.99. The third kappa shape index (κ3) is 3.86. The zero-order chi connectivity index (χ0) is 15.9. The minimum atomic E-state index is -0.309. The van der Waals surface area contributed by atoms with E-state index in [4.69, 9.17) is 4.74 Å². The molecule has 116 valence electrons. The van der Waals surface area contributed by atoms with Crippen molar-refractivity contribution in [2.75, 3.05) is 21.2 Å². The lowest BCUT2D eigenvalue weighted by molar-refractivity contribution is -0.125. The number of carbonyl (C=O) groups excluding carboxylic acids is 1. The number of nitrogens with zero attached hydrogens (tertiary/aromatic N) is 1. The van der Waals surface area contributed by atoms with E-state index in [1.54, 1.807) is 7.11 Å². The average Bonchev–Trinajstić information content (AvgIpc) is 2.54. The predicted octanol–water partition coefficient (Wildman–Crippen LogP) is 2.61. The highest BCUT2D eigenvalue weighted by atomic mass is 16.5. The first-order valence-electron chi connectivity index (χ1n) is 7.24. The maximum absolute atomic E-state index is 12.6. The largest absolute Gasteiger partial charge is 0.496 e. The van der Waals surface area contributed by atoms with Gasteiger partial charge in [0, 0.05) is 12.1 Å². The Labute approximate surface area is 131 Å². The Hall–Kier alpha value is -2.33. The highest BCUT2D eigenvalue weighted by Crippen LogP contribution is 2.20. The molecule has 0 radical (unpaired) electrons. The molecule has 1 amide bonds. The molecule has 0 aliphatic carbocycles. The van der Waals surface area contributed by atoms with Gasteiger partial charge in [0.2, 0.25) is 5.91 Å². The number of methoxy groups -OCH3 is 1. The van der Waals surface area contributed by atoms with Crippen LogP contribution in [0.2, 0.25) is 0 Å². The minimum absolute atomic E-state index is 0.0258. The lowest BCUT2D eigenvalue weighted by atomic mass is 10.1. The van der Waals surface area contributed by atoms with Crippen LogP contribution in [0.4, 0.5) is 0 Å². The molecule has 4 nitrogen and oxygen atoms in total. The van der Waals surface area contributed by atoms with Crippen molar-refractivity contribution >= 4 is 5.91 Å². The van der Waals surface area contributed by atoms with Crippen molar-refractivity contribution in [2.45, 2.75) is 12.6 Å². The van der Waals surface area contributed by atoms with Gasteiger partial charge in [-0.2, -0.15) is 0 Å². The van der Waals surface area contributed by atoms with E-state index < -0.39 is 0 Å². The van der Waals surface area contributed by atoms with Gasteiger partial charge < -0.3 is 10.1 Å². The fourth-order valence-corrected chi connectivity index (χ4v) is 2.45. The van der Waals surface area contributed by atoms with Crippen LogP contribution in [0.5, 0.6) is 5.75 Å². The molecule has 0 saturated carbocycles. The molecular weight excluding hydrogens is 276 g/mol. The van der Waals surface area contributed by atoms with Crippen LogP contribution in [0.25, 0.3) is 0 Å². The molecule has 2 aromatic carbocycles. The van der Waals surface area contributed by atoms with E-state index in [1.807, 2.05) is 73.6 Å². The fraction of sp³-hybridized carbons (Fsp3) is 0.278. The summed E-state index contributed by atoms with van der Waals surface area (Å²) in [5.74, 6) is 0.756. The highest BCUT2D eigenvalue weighted by Gasteiger charge is 2.22. The van der Waals surface area contributed by atoms with Crippen LogP contribution in [-0.4, -0.2) is 32.0 Å². The Morgan fingerprint density at radius 2 is 1.73 bits per heavy atom. The number of rotatable bonds is 6. The van der Waals surface area contributed by atoms with Crippen LogP contribution in [0.3, 0.4) is 0 Å². The summed E-state index contributed by atoms with van der Waals surface area (Å²) in [6.45, 7) is 0.444. The van der Waals surface area contributed by atoms with Crippen LogP contribution in [0, 0.1) is 0 Å². The van der Waals surface area contributed by atoms with Crippen molar-refractivity contribution in [3.63, 3.8) is 0 Å². The van der Waals surface area contributed by atoms with Crippen LogP contribution in [0.15, 0.2) is 54.6 Å². The van der Waals surface area contributed by atoms with Gasteiger partial charge in [0.25, 0.3) is 0 Å². The molecule has 22 heavy (non-hydrogen) atoms. The summed E-state index contributed by atoms with van der Waals surface area (Å²) >= 11 is 0. The van der Waals surface area contributed by atoms with Gasteiger partial charge in [-0.15, -0.1) is 0 Å². The molecule has 0 fully saturated rings. The molecule has 0 aliphatic rings. The van der Waals surface area contributed by atoms with E-state index in [-0.39, 0.29) is 11.9 Å². The van der Waals surface area contributed by atoms with Crippen LogP contribution >= 0.6 is 0 Å². The second-order valence-electron chi connectivity index (χ2n) is 5.31. The first-order valence-corrected chi connectivity index (χ1v) is 7.24. The molecule has 1 unspecified atom stereocenters. The van der Waals surface area contributed by atoms with Gasteiger partial charge in [0.15, 0.2) is 0 Å². The molecule has 0 saturated heterocycles. The topological polar surface area (TPSA) is 41.6 Å². The first-order chi connectivity index (χ1) is 10.6. The Kier molecular flexibility index (Phi) is 5.55. The second kappa shape index (κ2) is 7.61. The van der Waals surface area contributed by atoms with E-state index in [0.29, 0.717) is 6.54 Å². The number of hydrogen-bond acceptors (Lipinski definition) is 3. The van der Waals surface area contributed by atoms with Gasteiger partial charge in [-0.1, -0.05) is 48.5 Å². The van der Waals surface area contributed by atoms with Gasteiger partial charge >= 0.3 is 0 Å². The molecule has 0 aliphatic heterocycles. The summed E-state index contributed by atoms with van der Waals surface area (Å²) in [6.07, 6.45) is 0. The number of benzene rings is 2. The molecule has 4 heteroatoms. The van der Waals surface area contributed by atoms with Crippen LogP contribution in [-0.2, 0) is 11.3 Å². The molecule has 0 aromatic heterocycles. The molecule has 0 spiro atoms. The monoisotopic (exact) mass is 298 g/mol. The van der Waals surface area contributed by atoms with Gasteiger partial charge in [0.1, 0.15) is 11.8 Å². The Balaban J connectivity index is 2.09. The van der Waals surface area contributed by atoms with E-state index >= 15 is 0 Å². The zero-order valence-electron chi connectivity index (χ0n) is 13.2. The predicted molar refractivity (Wildman–Crippen MR) is 87.7 cm³/mol. The normalized spacial score (nSPS) is 12.0. The fourth-order valence-electron chi connectivity index (χ4n) is 2.45. The van der Waals surface area contributed by atoms with Crippen molar-refractivity contribution in [2.24, 2.45) is 0 Å². The van der Waals surface area contributed by atoms with Gasteiger partial charge in [-0.25, -0.2) is 0 Å². The van der Waals surface area contributed by atoms with Gasteiger partial charge in [0.05, 0.1) is 7.11 Å². The zero-order valence-corrected chi connectivity index (χ0v) is 13.2. The highest BCUT2D eigenvalue weighted by molar-refractivity contribution is 5.83. The summed E-state index contributed by atoms with van der Waals surface area (Å²) in [4.78, 5) is 14.5. The number of para-hydroxylation sites is 1. The average molecular weight is 298 g/mol. The quantitative estimate of drug-likeness (QED) is 0.891. The lowest BCUT2D eigenvalue weighted by Crippen LogP contribution is -2.36. The number of likely N-dealkylation sites (N-methyl/N-ethyl adjacent to an activating group) is 1. The number of ether oxygens (including phenoxy) is 1. The van der Waals surface area contributed by atoms with Crippen LogP contribution in [0.1, 0.15) is 17.2 Å². The lowest BCUT2D eigenvalue weighted by Gasteiger charge is -2.24. The summed E-state index contributed by atoms with van der Waals surface area (Å²) < 4.78 is 5.31. The molecule has 1 atom stereocenters. The van der Waals surface area contributed by atoms with Crippen molar-refractivity contribution in [1.29, 1.82) is 0 Å². The third-order valence-electron chi connectivity index (χ3n) is 3.53. The van der Waals surface area contributed by atoms with E-state index in [0.717, 1.165) is 16.9 Å². The van der Waals surface area contributed by atoms with Crippen molar-refractivity contribution in [1.82, 2.24) is 10.2 Å². The molecule has 1 N–H and O–H groups in total. The minimum Gasteiger partial charge on any atom is -0.496 e. The number of nitrogens with one attached hydrogen (secondary N) is 1. The number of carbonyl (C=O) groups is 1. The molecule has 0 bridgehead atoms. The van der Waals surface area contributed by atoms with Crippen molar-refractivity contribution in [3.8, 4) is 5.75 Å². The summed E-state index contributed by atoms with van der Waals surface area (Å²) in [5.41, 5.74) is 1.94. The van der Waals surface area contributed by atoms with Crippen molar-refractivity contribution in [3.05, 3.63) is 65.7 Å². The molecule has 2 aromatic rings. The Bertz CT molecular complexity index is 611. The number of amides is 1. The Morgan fingerprint density at radius 3 is 2.36 bits per heavy atom. The van der Waals surface area contributed by atoms with Gasteiger partial charge in [-0.05, 0) is 25.7 Å². The van der Waals surface area contributed by atoms with Crippen molar-refractivity contribution < 1.29 is 9.53 Å². The standard InChI is InChI=1S/C18H22N2O2/c1-20(2)17(14-9-5-4-6-10-14)18(21)19-13-15-11-7-8-12-16(15)22-3/h4-12,17H,13H2,1-3H3,(H,19,21). The maximum Gasteiger partial charge on any atom is 0.242 e. The van der Waals surface area contributed by atoms with E-state index in [2.05, 4.69) is 5.32 Å². The third-order valence-corrected chi connectivity index (χ3v) is 3.53. The maximum atomic E-state index is 12.6. The first kappa shape index (κ1) is 16.0. The Morgan fingerprint density at radius 1 is 1.09 bits per heavy atom.